The Labute approximate surface area is 112 Å². The second-order valence-corrected chi connectivity index (χ2v) is 4.51. The summed E-state index contributed by atoms with van der Waals surface area (Å²) < 4.78 is 16.1. The average Bonchev–Trinajstić information content (AvgIpc) is 2.69. The Kier molecular flexibility index (Phi) is 3.51. The van der Waals surface area contributed by atoms with Gasteiger partial charge in [-0.15, -0.1) is 0 Å². The number of benzene rings is 1. The molecule has 0 aliphatic rings. The standard InChI is InChI=1S/C15H18O4/c1-6-18-15(16)13-10(4)11-7-8(2)9(3)12(17-5)14(11)19-13/h7H,6H2,1-5H3. The quantitative estimate of drug-likeness (QED) is 0.794. The van der Waals surface area contributed by atoms with Crippen LogP contribution in [0.1, 0.15) is 34.2 Å². The molecule has 0 atom stereocenters. The molecule has 0 radical (unpaired) electrons. The number of carbonyl (C=O) groups is 1. The molecular formula is C15H18O4. The van der Waals surface area contributed by atoms with E-state index in [0.29, 0.717) is 17.9 Å². The molecule has 1 heterocycles. The Morgan fingerprint density at radius 2 is 1.95 bits per heavy atom. The van der Waals surface area contributed by atoms with E-state index in [0.717, 1.165) is 22.1 Å². The van der Waals surface area contributed by atoms with E-state index in [1.54, 1.807) is 14.0 Å². The maximum Gasteiger partial charge on any atom is 0.374 e. The summed E-state index contributed by atoms with van der Waals surface area (Å²) in [5.74, 6) is 0.488. The van der Waals surface area contributed by atoms with Crippen LogP contribution >= 0.6 is 0 Å². The van der Waals surface area contributed by atoms with Crippen molar-refractivity contribution >= 4 is 16.9 Å². The number of ether oxygens (including phenoxy) is 2. The van der Waals surface area contributed by atoms with Crippen LogP contribution in [0.15, 0.2) is 10.5 Å². The van der Waals surface area contributed by atoms with Crippen LogP contribution in [-0.2, 0) is 4.74 Å². The van der Waals surface area contributed by atoms with E-state index in [-0.39, 0.29) is 5.76 Å². The van der Waals surface area contributed by atoms with Gasteiger partial charge in [0, 0.05) is 10.9 Å². The molecule has 0 aliphatic heterocycles. The van der Waals surface area contributed by atoms with Gasteiger partial charge in [0.2, 0.25) is 5.76 Å². The summed E-state index contributed by atoms with van der Waals surface area (Å²) in [5.41, 5.74) is 3.50. The molecule has 102 valence electrons. The Morgan fingerprint density at radius 1 is 1.26 bits per heavy atom. The van der Waals surface area contributed by atoms with Crippen molar-refractivity contribution in [2.75, 3.05) is 13.7 Å². The van der Waals surface area contributed by atoms with Crippen molar-refractivity contribution in [2.45, 2.75) is 27.7 Å². The van der Waals surface area contributed by atoms with E-state index in [9.17, 15) is 4.79 Å². The van der Waals surface area contributed by atoms with Gasteiger partial charge in [0.15, 0.2) is 11.3 Å². The van der Waals surface area contributed by atoms with E-state index in [2.05, 4.69) is 0 Å². The van der Waals surface area contributed by atoms with Crippen LogP contribution in [0.4, 0.5) is 0 Å². The first-order chi connectivity index (χ1) is 9.01. The first kappa shape index (κ1) is 13.5. The topological polar surface area (TPSA) is 48.7 Å². The van der Waals surface area contributed by atoms with Crippen LogP contribution in [0.2, 0.25) is 0 Å². The number of methoxy groups -OCH3 is 1. The Balaban J connectivity index is 2.72. The first-order valence-electron chi connectivity index (χ1n) is 6.25. The molecule has 4 nitrogen and oxygen atoms in total. The number of furan rings is 1. The molecule has 2 aromatic rings. The molecule has 0 bridgehead atoms. The van der Waals surface area contributed by atoms with Gasteiger partial charge >= 0.3 is 5.97 Å². The summed E-state index contributed by atoms with van der Waals surface area (Å²) in [7, 11) is 1.60. The lowest BCUT2D eigenvalue weighted by Crippen LogP contribution is -2.04. The predicted octanol–water partition coefficient (Wildman–Crippen LogP) is 3.54. The summed E-state index contributed by atoms with van der Waals surface area (Å²) in [6.45, 7) is 7.92. The minimum absolute atomic E-state index is 0.250. The molecule has 0 amide bonds. The van der Waals surface area contributed by atoms with Crippen LogP contribution in [0, 0.1) is 20.8 Å². The summed E-state index contributed by atoms with van der Waals surface area (Å²) in [6.07, 6.45) is 0. The van der Waals surface area contributed by atoms with Crippen LogP contribution in [-0.4, -0.2) is 19.7 Å². The van der Waals surface area contributed by atoms with Crippen molar-refractivity contribution in [3.8, 4) is 5.75 Å². The lowest BCUT2D eigenvalue weighted by Gasteiger charge is -2.07. The van der Waals surface area contributed by atoms with Crippen molar-refractivity contribution in [3.05, 3.63) is 28.5 Å². The van der Waals surface area contributed by atoms with Gasteiger partial charge in [-0.3, -0.25) is 0 Å². The highest BCUT2D eigenvalue weighted by Crippen LogP contribution is 2.36. The van der Waals surface area contributed by atoms with Crippen LogP contribution in [0.5, 0.6) is 5.75 Å². The molecule has 0 saturated carbocycles. The SMILES string of the molecule is CCOC(=O)c1oc2c(OC)c(C)c(C)cc2c1C. The second-order valence-electron chi connectivity index (χ2n) is 4.51. The van der Waals surface area contributed by atoms with Crippen molar-refractivity contribution < 1.29 is 18.7 Å². The zero-order valence-electron chi connectivity index (χ0n) is 11.9. The monoisotopic (exact) mass is 262 g/mol. The molecule has 2 rings (SSSR count). The number of rotatable bonds is 3. The Hall–Kier alpha value is -1.97. The number of hydrogen-bond donors (Lipinski definition) is 0. The summed E-state index contributed by atoms with van der Waals surface area (Å²) >= 11 is 0. The zero-order chi connectivity index (χ0) is 14.2. The van der Waals surface area contributed by atoms with Gasteiger partial charge in [-0.2, -0.15) is 0 Å². The largest absolute Gasteiger partial charge is 0.493 e. The molecule has 1 aromatic heterocycles. The van der Waals surface area contributed by atoms with Gasteiger partial charge < -0.3 is 13.9 Å². The molecule has 0 unspecified atom stereocenters. The smallest absolute Gasteiger partial charge is 0.374 e. The van der Waals surface area contributed by atoms with Crippen LogP contribution < -0.4 is 4.74 Å². The highest BCUT2D eigenvalue weighted by Gasteiger charge is 2.22. The van der Waals surface area contributed by atoms with Crippen molar-refractivity contribution in [2.24, 2.45) is 0 Å². The van der Waals surface area contributed by atoms with E-state index >= 15 is 0 Å². The number of hydrogen-bond acceptors (Lipinski definition) is 4. The van der Waals surface area contributed by atoms with E-state index in [4.69, 9.17) is 13.9 Å². The van der Waals surface area contributed by atoms with E-state index in [1.807, 2.05) is 26.8 Å². The lowest BCUT2D eigenvalue weighted by molar-refractivity contribution is 0.0491. The highest BCUT2D eigenvalue weighted by atomic mass is 16.5. The lowest BCUT2D eigenvalue weighted by atomic mass is 10.0. The third-order valence-electron chi connectivity index (χ3n) is 3.36. The average molecular weight is 262 g/mol. The van der Waals surface area contributed by atoms with Crippen molar-refractivity contribution in [1.82, 2.24) is 0 Å². The molecule has 1 aromatic carbocycles. The molecule has 0 spiro atoms. The van der Waals surface area contributed by atoms with Gasteiger partial charge in [0.25, 0.3) is 0 Å². The molecule has 0 aliphatic carbocycles. The third kappa shape index (κ3) is 2.07. The fourth-order valence-electron chi connectivity index (χ4n) is 2.18. The minimum atomic E-state index is -0.437. The number of carbonyl (C=O) groups excluding carboxylic acids is 1. The van der Waals surface area contributed by atoms with Gasteiger partial charge in [0.05, 0.1) is 13.7 Å². The molecule has 0 saturated heterocycles. The third-order valence-corrected chi connectivity index (χ3v) is 3.36. The van der Waals surface area contributed by atoms with Crippen LogP contribution in [0.3, 0.4) is 0 Å². The van der Waals surface area contributed by atoms with Gasteiger partial charge in [-0.25, -0.2) is 4.79 Å². The van der Waals surface area contributed by atoms with Crippen LogP contribution in [0.25, 0.3) is 11.0 Å². The molecule has 4 heteroatoms. The zero-order valence-corrected chi connectivity index (χ0v) is 11.9. The number of aryl methyl sites for hydroxylation is 2. The molecular weight excluding hydrogens is 244 g/mol. The number of esters is 1. The van der Waals surface area contributed by atoms with Gasteiger partial charge in [-0.1, -0.05) is 0 Å². The van der Waals surface area contributed by atoms with Gasteiger partial charge in [0.1, 0.15) is 0 Å². The Bertz CT molecular complexity index is 637. The predicted molar refractivity (Wildman–Crippen MR) is 72.9 cm³/mol. The minimum Gasteiger partial charge on any atom is -0.493 e. The summed E-state index contributed by atoms with van der Waals surface area (Å²) in [5, 5.41) is 0.892. The first-order valence-corrected chi connectivity index (χ1v) is 6.25. The fraction of sp³-hybridized carbons (Fsp3) is 0.400. The van der Waals surface area contributed by atoms with Gasteiger partial charge in [-0.05, 0) is 44.9 Å². The Morgan fingerprint density at radius 3 is 2.53 bits per heavy atom. The maximum absolute atomic E-state index is 11.8. The van der Waals surface area contributed by atoms with E-state index < -0.39 is 5.97 Å². The summed E-state index contributed by atoms with van der Waals surface area (Å²) in [4.78, 5) is 11.8. The normalized spacial score (nSPS) is 10.8. The maximum atomic E-state index is 11.8. The summed E-state index contributed by atoms with van der Waals surface area (Å²) in [6, 6.07) is 2.01. The second kappa shape index (κ2) is 4.96. The fourth-order valence-corrected chi connectivity index (χ4v) is 2.18. The number of fused-ring (bicyclic) bond motifs is 1. The molecule has 0 N–H and O–H groups in total. The highest BCUT2D eigenvalue weighted by molar-refractivity contribution is 5.98. The van der Waals surface area contributed by atoms with E-state index in [1.165, 1.54) is 0 Å². The van der Waals surface area contributed by atoms with Crippen molar-refractivity contribution in [1.29, 1.82) is 0 Å². The molecule has 0 fully saturated rings. The molecule has 19 heavy (non-hydrogen) atoms. The van der Waals surface area contributed by atoms with Crippen molar-refractivity contribution in [3.63, 3.8) is 0 Å².